The van der Waals surface area contributed by atoms with Crippen LogP contribution in [0.25, 0.3) is 0 Å². The molecule has 2 aromatic rings. The van der Waals surface area contributed by atoms with E-state index < -0.39 is 23.8 Å². The van der Waals surface area contributed by atoms with E-state index in [0.29, 0.717) is 28.5 Å². The van der Waals surface area contributed by atoms with Gasteiger partial charge in [0.15, 0.2) is 18.1 Å². The number of benzene rings is 2. The van der Waals surface area contributed by atoms with Crippen molar-refractivity contribution in [1.29, 1.82) is 0 Å². The van der Waals surface area contributed by atoms with Gasteiger partial charge in [-0.25, -0.2) is 14.4 Å². The summed E-state index contributed by atoms with van der Waals surface area (Å²) < 4.78 is 31.4. The Morgan fingerprint density at radius 3 is 1.84 bits per heavy atom. The van der Waals surface area contributed by atoms with Crippen molar-refractivity contribution in [1.82, 2.24) is 5.32 Å². The first kappa shape index (κ1) is 27.1. The first-order chi connectivity index (χ1) is 17.7. The number of carbonyl (C=O) groups is 3. The Bertz CT molecular complexity index is 1210. The summed E-state index contributed by atoms with van der Waals surface area (Å²) in [4.78, 5) is 37.8. The Balaban J connectivity index is 1.88. The Morgan fingerprint density at radius 1 is 0.757 bits per heavy atom. The molecule has 0 atom stereocenters. The third-order valence-electron chi connectivity index (χ3n) is 5.73. The lowest BCUT2D eigenvalue weighted by Gasteiger charge is -2.30. The highest BCUT2D eigenvalue weighted by Gasteiger charge is 2.38. The number of methoxy groups -OCH3 is 4. The highest BCUT2D eigenvalue weighted by Crippen LogP contribution is 2.42. The molecule has 196 valence electrons. The Morgan fingerprint density at radius 2 is 1.32 bits per heavy atom. The maximum Gasteiger partial charge on any atom is 0.349 e. The zero-order valence-corrected chi connectivity index (χ0v) is 21.5. The van der Waals surface area contributed by atoms with Crippen molar-refractivity contribution >= 4 is 17.9 Å². The number of hydrogen-bond acceptors (Lipinski definition) is 10. The maximum atomic E-state index is 12.7. The molecule has 10 heteroatoms. The van der Waals surface area contributed by atoms with Crippen LogP contribution in [0, 0.1) is 0 Å². The van der Waals surface area contributed by atoms with Crippen molar-refractivity contribution in [3.05, 3.63) is 70.6 Å². The van der Waals surface area contributed by atoms with Crippen LogP contribution >= 0.6 is 0 Å². The van der Waals surface area contributed by atoms with Gasteiger partial charge in [0.05, 0.1) is 45.5 Å². The lowest BCUT2D eigenvalue weighted by molar-refractivity contribution is -0.138. The zero-order valence-electron chi connectivity index (χ0n) is 21.5. The smallest absolute Gasteiger partial charge is 0.349 e. The van der Waals surface area contributed by atoms with Crippen LogP contribution in [-0.2, 0) is 23.9 Å². The molecule has 0 unspecified atom stereocenters. The fourth-order valence-electron chi connectivity index (χ4n) is 4.00. The number of ether oxygens (including phenoxy) is 6. The molecule has 0 spiro atoms. The first-order valence-corrected chi connectivity index (χ1v) is 11.2. The molecule has 0 amide bonds. The monoisotopic (exact) mass is 511 g/mol. The van der Waals surface area contributed by atoms with E-state index in [1.165, 1.54) is 27.4 Å². The Hall–Kier alpha value is -4.47. The largest absolute Gasteiger partial charge is 0.497 e. The summed E-state index contributed by atoms with van der Waals surface area (Å²) >= 11 is 0. The van der Waals surface area contributed by atoms with Crippen LogP contribution < -0.4 is 24.3 Å². The van der Waals surface area contributed by atoms with Gasteiger partial charge in [-0.1, -0.05) is 6.07 Å². The van der Waals surface area contributed by atoms with E-state index in [0.717, 1.165) is 0 Å². The molecule has 1 aliphatic rings. The van der Waals surface area contributed by atoms with Crippen molar-refractivity contribution in [3.8, 4) is 23.0 Å². The van der Waals surface area contributed by atoms with Gasteiger partial charge in [-0.05, 0) is 55.8 Å². The minimum atomic E-state index is -0.807. The molecule has 0 saturated carbocycles. The lowest BCUT2D eigenvalue weighted by atomic mass is 9.80. The maximum absolute atomic E-state index is 12.7. The number of hydrogen-bond donors (Lipinski definition) is 1. The van der Waals surface area contributed by atoms with Gasteiger partial charge in [-0.3, -0.25) is 0 Å². The summed E-state index contributed by atoms with van der Waals surface area (Å²) in [5.74, 6) is -1.17. The minimum Gasteiger partial charge on any atom is -0.497 e. The van der Waals surface area contributed by atoms with E-state index in [1.807, 2.05) is 0 Å². The van der Waals surface area contributed by atoms with Crippen LogP contribution in [0.1, 0.15) is 25.3 Å². The molecule has 3 rings (SSSR count). The molecule has 0 aliphatic carbocycles. The van der Waals surface area contributed by atoms with E-state index in [4.69, 9.17) is 28.4 Å². The van der Waals surface area contributed by atoms with Crippen molar-refractivity contribution in [2.24, 2.45) is 0 Å². The second-order valence-electron chi connectivity index (χ2n) is 7.97. The quantitative estimate of drug-likeness (QED) is 0.397. The molecule has 1 aliphatic heterocycles. The van der Waals surface area contributed by atoms with E-state index >= 15 is 0 Å². The van der Waals surface area contributed by atoms with Gasteiger partial charge in [-0.2, -0.15) is 0 Å². The molecule has 0 aromatic heterocycles. The van der Waals surface area contributed by atoms with E-state index in [1.54, 1.807) is 57.4 Å². The normalized spacial score (nSPS) is 13.5. The number of carbonyl (C=O) groups excluding carboxylic acids is 3. The summed E-state index contributed by atoms with van der Waals surface area (Å²) in [5.41, 5.74) is 2.09. The summed E-state index contributed by atoms with van der Waals surface area (Å²) in [6.07, 6.45) is 0. The van der Waals surface area contributed by atoms with Crippen molar-refractivity contribution in [2.75, 3.05) is 35.0 Å². The van der Waals surface area contributed by atoms with Gasteiger partial charge in [-0.15, -0.1) is 0 Å². The second-order valence-corrected chi connectivity index (χ2v) is 7.97. The van der Waals surface area contributed by atoms with Gasteiger partial charge in [0.1, 0.15) is 11.5 Å². The van der Waals surface area contributed by atoms with Crippen LogP contribution in [0.3, 0.4) is 0 Å². The van der Waals surface area contributed by atoms with Gasteiger partial charge in [0, 0.05) is 11.4 Å². The molecule has 37 heavy (non-hydrogen) atoms. The molecule has 0 radical (unpaired) electrons. The van der Waals surface area contributed by atoms with E-state index in [2.05, 4.69) is 5.32 Å². The van der Waals surface area contributed by atoms with Gasteiger partial charge in [0.2, 0.25) is 0 Å². The molecule has 0 fully saturated rings. The molecule has 1 heterocycles. The summed E-state index contributed by atoms with van der Waals surface area (Å²) in [7, 11) is 5.50. The number of dihydropyridines is 1. The van der Waals surface area contributed by atoms with Crippen LogP contribution in [0.4, 0.5) is 0 Å². The van der Waals surface area contributed by atoms with Crippen molar-refractivity contribution in [3.63, 3.8) is 0 Å². The van der Waals surface area contributed by atoms with Crippen LogP contribution in [0.5, 0.6) is 23.0 Å². The average Bonchev–Trinajstić information content (AvgIpc) is 2.91. The highest BCUT2D eigenvalue weighted by molar-refractivity contribution is 5.99. The van der Waals surface area contributed by atoms with E-state index in [9.17, 15) is 14.4 Å². The van der Waals surface area contributed by atoms with Gasteiger partial charge >= 0.3 is 17.9 Å². The van der Waals surface area contributed by atoms with Crippen LogP contribution in [0.2, 0.25) is 0 Å². The first-order valence-electron chi connectivity index (χ1n) is 11.2. The number of allylic oxidation sites excluding steroid dienone is 2. The fourth-order valence-corrected chi connectivity index (χ4v) is 4.00. The lowest BCUT2D eigenvalue weighted by Crippen LogP contribution is -2.32. The standard InChI is InChI=1S/C27H29NO9/c1-15-23(26(30)34-5)25(24(16(2)28-15)27(31)35-6)17-7-12-20(21(13-17)33-4)37-22(29)14-36-19-10-8-18(32-3)9-11-19/h7-13,25,28H,14H2,1-6H3. The van der Waals surface area contributed by atoms with Crippen LogP contribution in [-0.4, -0.2) is 53.0 Å². The predicted molar refractivity (Wildman–Crippen MR) is 132 cm³/mol. The molecule has 2 aromatic carbocycles. The van der Waals surface area contributed by atoms with E-state index in [-0.39, 0.29) is 29.3 Å². The topological polar surface area (TPSA) is 119 Å². The molecule has 10 nitrogen and oxygen atoms in total. The van der Waals surface area contributed by atoms with Crippen LogP contribution in [0.15, 0.2) is 65.0 Å². The van der Waals surface area contributed by atoms with Gasteiger partial charge in [0.25, 0.3) is 0 Å². The minimum absolute atomic E-state index is 0.143. The molecule has 0 bridgehead atoms. The third kappa shape index (κ3) is 6.03. The summed E-state index contributed by atoms with van der Waals surface area (Å²) in [5, 5.41) is 3.05. The average molecular weight is 512 g/mol. The predicted octanol–water partition coefficient (Wildman–Crippen LogP) is 3.27. The fraction of sp³-hybridized carbons (Fsp3) is 0.296. The summed E-state index contributed by atoms with van der Waals surface area (Å²) in [6, 6.07) is 11.5. The molecular formula is C27H29NO9. The number of rotatable bonds is 9. The SMILES string of the molecule is COC(=O)C1=C(C)NC(C)=C(C(=O)OC)C1c1ccc(OC(=O)COc2ccc(OC)cc2)c(OC)c1. The zero-order chi connectivity index (χ0) is 27.1. The summed E-state index contributed by atoms with van der Waals surface area (Å²) in [6.45, 7) is 3.09. The molecule has 0 saturated heterocycles. The number of esters is 3. The highest BCUT2D eigenvalue weighted by atomic mass is 16.6. The Kier molecular flexibility index (Phi) is 8.78. The number of nitrogens with one attached hydrogen (secondary N) is 1. The van der Waals surface area contributed by atoms with Crippen molar-refractivity contribution in [2.45, 2.75) is 19.8 Å². The molecular weight excluding hydrogens is 482 g/mol. The van der Waals surface area contributed by atoms with Gasteiger partial charge < -0.3 is 33.7 Å². The third-order valence-corrected chi connectivity index (χ3v) is 5.73. The molecule has 1 N–H and O–H groups in total. The van der Waals surface area contributed by atoms with Crippen molar-refractivity contribution < 1.29 is 42.8 Å². The Labute approximate surface area is 214 Å². The second kappa shape index (κ2) is 12.0.